The average molecular weight is 199 g/mol. The van der Waals surface area contributed by atoms with Crippen LogP contribution in [0.2, 0.25) is 0 Å². The Hall–Kier alpha value is -1.27. The van der Waals surface area contributed by atoms with Crippen LogP contribution in [0, 0.1) is 6.92 Å². The van der Waals surface area contributed by atoms with Gasteiger partial charge in [0, 0.05) is 6.20 Å². The Kier molecular flexibility index (Phi) is 3.53. The van der Waals surface area contributed by atoms with Crippen LogP contribution in [-0.2, 0) is 4.79 Å². The van der Waals surface area contributed by atoms with Gasteiger partial charge in [-0.2, -0.15) is 5.10 Å². The topological polar surface area (TPSA) is 74.6 Å². The second-order valence-corrected chi connectivity index (χ2v) is 3.50. The van der Waals surface area contributed by atoms with Crippen molar-refractivity contribution >= 4 is 23.5 Å². The third-order valence-electron chi connectivity index (χ3n) is 1.16. The summed E-state index contributed by atoms with van der Waals surface area (Å²) >= 11 is 1.47. The molecule has 0 atom stereocenters. The van der Waals surface area contributed by atoms with Gasteiger partial charge < -0.3 is 5.11 Å². The van der Waals surface area contributed by atoms with Crippen LogP contribution in [0.4, 0.5) is 0 Å². The first kappa shape index (κ1) is 9.82. The molecule has 0 saturated carbocycles. The highest BCUT2D eigenvalue weighted by molar-refractivity contribution is 7.13. The van der Waals surface area contributed by atoms with E-state index >= 15 is 0 Å². The first-order valence-corrected chi connectivity index (χ1v) is 4.39. The Labute approximate surface area is 79.1 Å². The highest BCUT2D eigenvalue weighted by Gasteiger charge is 1.95. The number of nitrogens with zero attached hydrogens (tertiary/aromatic N) is 2. The molecule has 0 unspecified atom stereocenters. The van der Waals surface area contributed by atoms with E-state index < -0.39 is 12.5 Å². The molecule has 5 nitrogen and oxygen atoms in total. The quantitative estimate of drug-likeness (QED) is 0.527. The van der Waals surface area contributed by atoms with Crippen molar-refractivity contribution in [2.24, 2.45) is 5.10 Å². The first-order chi connectivity index (χ1) is 6.22. The minimum atomic E-state index is -0.556. The zero-order valence-corrected chi connectivity index (χ0v) is 7.84. The molecule has 0 aliphatic rings. The number of aliphatic hydroxyl groups excluding tert-OH is 1. The average Bonchev–Trinajstić information content (AvgIpc) is 2.51. The maximum atomic E-state index is 10.5. The smallest absolute Gasteiger partial charge is 0.265 e. The highest BCUT2D eigenvalue weighted by atomic mass is 32.1. The highest BCUT2D eigenvalue weighted by Crippen LogP contribution is 2.07. The number of hydrogen-bond donors (Lipinski definition) is 2. The van der Waals surface area contributed by atoms with Gasteiger partial charge in [0.15, 0.2) is 0 Å². The third kappa shape index (κ3) is 3.30. The fourth-order valence-corrected chi connectivity index (χ4v) is 1.30. The van der Waals surface area contributed by atoms with Crippen molar-refractivity contribution in [1.82, 2.24) is 10.4 Å². The summed E-state index contributed by atoms with van der Waals surface area (Å²) in [5.74, 6) is -0.530. The number of thiazole rings is 1. The maximum Gasteiger partial charge on any atom is 0.265 e. The fourth-order valence-electron chi connectivity index (χ4n) is 0.641. The van der Waals surface area contributed by atoms with Crippen molar-refractivity contribution in [3.63, 3.8) is 0 Å². The maximum absolute atomic E-state index is 10.5. The van der Waals surface area contributed by atoms with E-state index in [2.05, 4.69) is 15.5 Å². The first-order valence-electron chi connectivity index (χ1n) is 3.57. The molecule has 1 aromatic rings. The van der Waals surface area contributed by atoms with Gasteiger partial charge >= 0.3 is 0 Å². The van der Waals surface area contributed by atoms with E-state index in [1.54, 1.807) is 6.20 Å². The van der Waals surface area contributed by atoms with Crippen LogP contribution in [0.25, 0.3) is 0 Å². The van der Waals surface area contributed by atoms with Crippen molar-refractivity contribution in [3.05, 3.63) is 16.1 Å². The number of carbonyl (C=O) groups is 1. The van der Waals surface area contributed by atoms with Gasteiger partial charge in [0.25, 0.3) is 5.91 Å². The van der Waals surface area contributed by atoms with Crippen molar-refractivity contribution in [2.75, 3.05) is 6.61 Å². The number of hydrogen-bond acceptors (Lipinski definition) is 5. The van der Waals surface area contributed by atoms with E-state index in [-0.39, 0.29) is 0 Å². The molecule has 0 spiro atoms. The van der Waals surface area contributed by atoms with Crippen LogP contribution in [0.15, 0.2) is 11.3 Å². The van der Waals surface area contributed by atoms with Crippen LogP contribution >= 0.6 is 11.3 Å². The van der Waals surface area contributed by atoms with Crippen LogP contribution in [-0.4, -0.2) is 28.8 Å². The summed E-state index contributed by atoms with van der Waals surface area (Å²) in [5.41, 5.74) is 2.15. The lowest BCUT2D eigenvalue weighted by Crippen LogP contribution is -2.20. The van der Waals surface area contributed by atoms with Gasteiger partial charge in [-0.3, -0.25) is 4.79 Å². The summed E-state index contributed by atoms with van der Waals surface area (Å²) in [7, 11) is 0. The molecule has 0 saturated heterocycles. The number of nitrogens with one attached hydrogen (secondary N) is 1. The van der Waals surface area contributed by atoms with Crippen LogP contribution in [0.5, 0.6) is 0 Å². The second-order valence-electron chi connectivity index (χ2n) is 2.23. The number of aromatic nitrogens is 1. The van der Waals surface area contributed by atoms with E-state index in [9.17, 15) is 4.79 Å². The Morgan fingerprint density at radius 2 is 2.69 bits per heavy atom. The molecule has 6 heteroatoms. The molecule has 0 aromatic carbocycles. The van der Waals surface area contributed by atoms with E-state index in [1.165, 1.54) is 17.6 Å². The lowest BCUT2D eigenvalue weighted by molar-refractivity contribution is -0.123. The molecule has 2 N–H and O–H groups in total. The summed E-state index contributed by atoms with van der Waals surface area (Å²) in [4.78, 5) is 15.4. The molecule has 70 valence electrons. The number of aliphatic hydroxyl groups is 1. The van der Waals surface area contributed by atoms with Crippen molar-refractivity contribution in [1.29, 1.82) is 0 Å². The largest absolute Gasteiger partial charge is 0.386 e. The normalized spacial score (nSPS) is 10.6. The minimum absolute atomic E-state index is 0.530. The summed E-state index contributed by atoms with van der Waals surface area (Å²) in [6.07, 6.45) is 3.15. The zero-order chi connectivity index (χ0) is 9.68. The SMILES string of the molecule is Cc1ncc(/C=N/NC(=O)CO)s1. The third-order valence-corrected chi connectivity index (χ3v) is 2.01. The minimum Gasteiger partial charge on any atom is -0.386 e. The predicted octanol–water partition coefficient (Wildman–Crippen LogP) is -0.106. The number of amides is 1. The Morgan fingerprint density at radius 1 is 1.92 bits per heavy atom. The standard InChI is InChI=1S/C7H9N3O2S/c1-5-8-2-6(13-5)3-9-10-7(12)4-11/h2-3,11H,4H2,1H3,(H,10,12)/b9-3+. The molecule has 1 heterocycles. The van der Waals surface area contributed by atoms with E-state index in [4.69, 9.17) is 5.11 Å². The molecule has 13 heavy (non-hydrogen) atoms. The van der Waals surface area contributed by atoms with E-state index in [0.29, 0.717) is 0 Å². The van der Waals surface area contributed by atoms with E-state index in [1.807, 2.05) is 6.92 Å². The van der Waals surface area contributed by atoms with Gasteiger partial charge in [-0.1, -0.05) is 0 Å². The molecule has 0 fully saturated rings. The molecule has 0 radical (unpaired) electrons. The molecular formula is C7H9N3O2S. The van der Waals surface area contributed by atoms with Crippen molar-refractivity contribution < 1.29 is 9.90 Å². The second kappa shape index (κ2) is 4.68. The Morgan fingerprint density at radius 3 is 3.23 bits per heavy atom. The summed E-state index contributed by atoms with van der Waals surface area (Å²) in [6, 6.07) is 0. The number of hydrazone groups is 1. The Bertz CT molecular complexity index is 321. The van der Waals surface area contributed by atoms with Crippen LogP contribution in [0.3, 0.4) is 0 Å². The molecular weight excluding hydrogens is 190 g/mol. The molecule has 1 rings (SSSR count). The zero-order valence-electron chi connectivity index (χ0n) is 7.02. The van der Waals surface area contributed by atoms with Gasteiger partial charge in [-0.05, 0) is 6.92 Å². The predicted molar refractivity (Wildman–Crippen MR) is 49.7 cm³/mol. The van der Waals surface area contributed by atoms with Crippen LogP contribution in [0.1, 0.15) is 9.88 Å². The molecule has 0 aliphatic heterocycles. The monoisotopic (exact) mass is 199 g/mol. The fraction of sp³-hybridized carbons (Fsp3) is 0.286. The molecule has 1 amide bonds. The van der Waals surface area contributed by atoms with Crippen molar-refractivity contribution in [3.8, 4) is 0 Å². The Balaban J connectivity index is 2.45. The number of aryl methyl sites for hydroxylation is 1. The molecule has 1 aromatic heterocycles. The number of carbonyl (C=O) groups excluding carboxylic acids is 1. The molecule has 0 aliphatic carbocycles. The summed E-state index contributed by atoms with van der Waals surface area (Å²) in [5, 5.41) is 12.9. The van der Waals surface area contributed by atoms with Gasteiger partial charge in [-0.15, -0.1) is 11.3 Å². The number of rotatable bonds is 3. The summed E-state index contributed by atoms with van der Waals surface area (Å²) < 4.78 is 0. The van der Waals surface area contributed by atoms with Gasteiger partial charge in [-0.25, -0.2) is 10.4 Å². The van der Waals surface area contributed by atoms with E-state index in [0.717, 1.165) is 9.88 Å². The van der Waals surface area contributed by atoms with Crippen molar-refractivity contribution in [2.45, 2.75) is 6.92 Å². The van der Waals surface area contributed by atoms with Crippen LogP contribution < -0.4 is 5.43 Å². The van der Waals surface area contributed by atoms with Gasteiger partial charge in [0.2, 0.25) is 0 Å². The van der Waals surface area contributed by atoms with Gasteiger partial charge in [0.05, 0.1) is 16.1 Å². The lowest BCUT2D eigenvalue weighted by Gasteiger charge is -1.91. The molecule has 0 bridgehead atoms. The lowest BCUT2D eigenvalue weighted by atomic mass is 10.6. The van der Waals surface area contributed by atoms with Gasteiger partial charge in [0.1, 0.15) is 6.61 Å². The summed E-state index contributed by atoms with van der Waals surface area (Å²) in [6.45, 7) is 1.33.